The number of nitrogens with zero attached hydrogens (tertiary/aromatic N) is 1. The number of likely N-dealkylation sites (N-methyl/N-ethyl adjacent to an activating group) is 1. The van der Waals surface area contributed by atoms with Crippen LogP contribution in [0.3, 0.4) is 0 Å². The molecule has 0 atom stereocenters. The Hall–Kier alpha value is -0.660. The number of ether oxygens (including phenoxy) is 2. The van der Waals surface area contributed by atoms with Crippen molar-refractivity contribution >= 4 is 16.0 Å². The molecule has 0 heterocycles. The Morgan fingerprint density at radius 3 is 2.38 bits per heavy atom. The third kappa shape index (κ3) is 5.43. The molecule has 0 aliphatic heterocycles. The molecule has 0 aliphatic carbocycles. The maximum Gasteiger partial charge on any atom is 0.321 e. The van der Waals surface area contributed by atoms with Gasteiger partial charge in [-0.25, -0.2) is 8.42 Å². The van der Waals surface area contributed by atoms with Gasteiger partial charge < -0.3 is 9.47 Å². The van der Waals surface area contributed by atoms with Gasteiger partial charge in [-0.3, -0.25) is 4.79 Å². The zero-order chi connectivity index (χ0) is 12.6. The number of hydrogen-bond donors (Lipinski definition) is 0. The predicted molar refractivity (Wildman–Crippen MR) is 59.5 cm³/mol. The topological polar surface area (TPSA) is 72.9 Å². The maximum absolute atomic E-state index is 11.7. The van der Waals surface area contributed by atoms with Crippen LogP contribution in [0.4, 0.5) is 0 Å². The van der Waals surface area contributed by atoms with Gasteiger partial charge in [-0.05, 0) is 6.92 Å². The summed E-state index contributed by atoms with van der Waals surface area (Å²) in [6.45, 7) is 3.70. The van der Waals surface area contributed by atoms with E-state index in [4.69, 9.17) is 9.47 Å². The molecule has 0 saturated heterocycles. The van der Waals surface area contributed by atoms with Gasteiger partial charge >= 0.3 is 5.97 Å². The normalized spacial score (nSPS) is 11.8. The van der Waals surface area contributed by atoms with E-state index in [-0.39, 0.29) is 32.1 Å². The van der Waals surface area contributed by atoms with Crippen molar-refractivity contribution in [1.29, 1.82) is 0 Å². The van der Waals surface area contributed by atoms with E-state index in [1.165, 1.54) is 7.11 Å². The van der Waals surface area contributed by atoms with Gasteiger partial charge in [0.05, 0.1) is 19.0 Å². The van der Waals surface area contributed by atoms with Crippen LogP contribution in [0.1, 0.15) is 13.8 Å². The molecular formula is C9H19NO5S. The van der Waals surface area contributed by atoms with Gasteiger partial charge in [0.2, 0.25) is 10.0 Å². The van der Waals surface area contributed by atoms with Crippen molar-refractivity contribution < 1.29 is 22.7 Å². The average molecular weight is 253 g/mol. The molecule has 0 aliphatic rings. The molecule has 7 heteroatoms. The van der Waals surface area contributed by atoms with Gasteiger partial charge in [-0.2, -0.15) is 4.31 Å². The zero-order valence-corrected chi connectivity index (χ0v) is 10.7. The maximum atomic E-state index is 11.7. The van der Waals surface area contributed by atoms with Crippen molar-refractivity contribution in [3.8, 4) is 0 Å². The molecule has 6 nitrogen and oxygen atoms in total. The lowest BCUT2D eigenvalue weighted by Crippen LogP contribution is -2.38. The van der Waals surface area contributed by atoms with Crippen LogP contribution in [0, 0.1) is 0 Å². The van der Waals surface area contributed by atoms with Crippen molar-refractivity contribution in [2.24, 2.45) is 0 Å². The fraction of sp³-hybridized carbons (Fsp3) is 0.889. The summed E-state index contributed by atoms with van der Waals surface area (Å²) in [7, 11) is -2.01. The largest absolute Gasteiger partial charge is 0.465 e. The van der Waals surface area contributed by atoms with E-state index >= 15 is 0 Å². The molecule has 0 rings (SSSR count). The fourth-order valence-electron chi connectivity index (χ4n) is 1.08. The van der Waals surface area contributed by atoms with Gasteiger partial charge in [-0.15, -0.1) is 0 Å². The Labute approximate surface area is 96.6 Å². The van der Waals surface area contributed by atoms with Crippen LogP contribution in [0.5, 0.6) is 0 Å². The molecule has 0 aromatic heterocycles. The number of rotatable bonds is 8. The Morgan fingerprint density at radius 2 is 1.94 bits per heavy atom. The molecule has 0 saturated carbocycles. The van der Waals surface area contributed by atoms with Crippen molar-refractivity contribution in [2.75, 3.05) is 39.2 Å². The van der Waals surface area contributed by atoms with E-state index < -0.39 is 16.0 Å². The third-order valence-electron chi connectivity index (χ3n) is 1.90. The second-order valence-electron chi connectivity index (χ2n) is 3.04. The summed E-state index contributed by atoms with van der Waals surface area (Å²) < 4.78 is 33.9. The second-order valence-corrected chi connectivity index (χ2v) is 5.13. The summed E-state index contributed by atoms with van der Waals surface area (Å²) in [4.78, 5) is 11.2. The highest BCUT2D eigenvalue weighted by molar-refractivity contribution is 7.89. The van der Waals surface area contributed by atoms with Gasteiger partial charge in [0.15, 0.2) is 0 Å². The predicted octanol–water partition coefficient (Wildman–Crippen LogP) is -0.152. The third-order valence-corrected chi connectivity index (χ3v) is 3.76. The first-order valence-electron chi connectivity index (χ1n) is 5.10. The van der Waals surface area contributed by atoms with Gasteiger partial charge in [0.1, 0.15) is 6.54 Å². The van der Waals surface area contributed by atoms with Gasteiger partial charge in [0.25, 0.3) is 0 Å². The highest BCUT2D eigenvalue weighted by Crippen LogP contribution is 2.01. The zero-order valence-electron chi connectivity index (χ0n) is 9.93. The summed E-state index contributed by atoms with van der Waals surface area (Å²) in [5, 5.41) is 0. The number of esters is 1. The summed E-state index contributed by atoms with van der Waals surface area (Å²) in [5.74, 6) is -0.665. The van der Waals surface area contributed by atoms with E-state index in [1.54, 1.807) is 13.8 Å². The lowest BCUT2D eigenvalue weighted by molar-refractivity contribution is -0.143. The summed E-state index contributed by atoms with van der Waals surface area (Å²) in [6, 6.07) is 0. The number of hydrogen-bond acceptors (Lipinski definition) is 5. The first-order chi connectivity index (χ1) is 7.47. The number of sulfonamides is 1. The summed E-state index contributed by atoms with van der Waals surface area (Å²) in [6.07, 6.45) is 0. The van der Waals surface area contributed by atoms with Crippen LogP contribution < -0.4 is 0 Å². The first kappa shape index (κ1) is 15.3. The Bertz CT molecular complexity index is 301. The fourth-order valence-corrected chi connectivity index (χ4v) is 2.41. The monoisotopic (exact) mass is 253 g/mol. The quantitative estimate of drug-likeness (QED) is 0.562. The molecule has 0 aromatic rings. The van der Waals surface area contributed by atoms with Crippen molar-refractivity contribution in [2.45, 2.75) is 13.8 Å². The highest BCUT2D eigenvalue weighted by Gasteiger charge is 2.23. The molecule has 0 aromatic carbocycles. The van der Waals surface area contributed by atoms with Crippen molar-refractivity contribution in [3.63, 3.8) is 0 Å². The minimum absolute atomic E-state index is 0.113. The second kappa shape index (κ2) is 7.59. The molecule has 16 heavy (non-hydrogen) atoms. The van der Waals surface area contributed by atoms with Gasteiger partial charge in [-0.1, -0.05) is 6.92 Å². The standard InChI is InChI=1S/C9H19NO5S/c1-4-10(8-9(11)15-5-2)16(12,13)7-6-14-3/h4-8H2,1-3H3. The molecule has 96 valence electrons. The minimum Gasteiger partial charge on any atom is -0.465 e. The lowest BCUT2D eigenvalue weighted by atomic mass is 10.6. The molecule has 0 bridgehead atoms. The Kier molecular flexibility index (Phi) is 7.27. The van der Waals surface area contributed by atoms with Crippen LogP contribution in [0.25, 0.3) is 0 Å². The molecule has 0 spiro atoms. The Balaban J connectivity index is 4.41. The molecule has 0 amide bonds. The molecule has 0 N–H and O–H groups in total. The number of carbonyl (C=O) groups is 1. The number of methoxy groups -OCH3 is 1. The first-order valence-corrected chi connectivity index (χ1v) is 6.71. The van der Waals surface area contributed by atoms with Crippen molar-refractivity contribution in [1.82, 2.24) is 4.31 Å². The van der Waals surface area contributed by atoms with Crippen LogP contribution in [0.15, 0.2) is 0 Å². The molecule has 0 radical (unpaired) electrons. The highest BCUT2D eigenvalue weighted by atomic mass is 32.2. The van der Waals surface area contributed by atoms with Crippen molar-refractivity contribution in [3.05, 3.63) is 0 Å². The molecular weight excluding hydrogens is 234 g/mol. The van der Waals surface area contributed by atoms with Gasteiger partial charge in [0, 0.05) is 13.7 Å². The average Bonchev–Trinajstić information content (AvgIpc) is 2.23. The molecule has 0 unspecified atom stereocenters. The van der Waals surface area contributed by atoms with E-state index in [1.807, 2.05) is 0 Å². The smallest absolute Gasteiger partial charge is 0.321 e. The summed E-state index contributed by atoms with van der Waals surface area (Å²) in [5.41, 5.74) is 0. The van der Waals surface area contributed by atoms with Crippen LogP contribution in [-0.2, 0) is 24.3 Å². The van der Waals surface area contributed by atoms with Crippen LogP contribution in [-0.4, -0.2) is 57.9 Å². The van der Waals surface area contributed by atoms with E-state index in [0.717, 1.165) is 4.31 Å². The SMILES string of the molecule is CCOC(=O)CN(CC)S(=O)(=O)CCOC. The molecule has 0 fully saturated rings. The minimum atomic E-state index is -3.44. The van der Waals surface area contributed by atoms with E-state index in [0.29, 0.717) is 0 Å². The van der Waals surface area contributed by atoms with Crippen LogP contribution >= 0.6 is 0 Å². The van der Waals surface area contributed by atoms with E-state index in [2.05, 4.69) is 0 Å². The summed E-state index contributed by atoms with van der Waals surface area (Å²) >= 11 is 0. The Morgan fingerprint density at radius 1 is 1.31 bits per heavy atom. The van der Waals surface area contributed by atoms with E-state index in [9.17, 15) is 13.2 Å². The lowest BCUT2D eigenvalue weighted by Gasteiger charge is -2.18. The number of carbonyl (C=O) groups excluding carboxylic acids is 1. The van der Waals surface area contributed by atoms with Crippen LogP contribution in [0.2, 0.25) is 0 Å².